The Hall–Kier alpha value is -1.06. The Kier molecular flexibility index (Phi) is 5.23. The fraction of sp³-hybridized carbons (Fsp3) is 0.625. The van der Waals surface area contributed by atoms with Crippen molar-refractivity contribution in [3.05, 3.63) is 29.8 Å². The summed E-state index contributed by atoms with van der Waals surface area (Å²) in [6.07, 6.45) is 2.93. The smallest absolute Gasteiger partial charge is 0.124 e. The van der Waals surface area contributed by atoms with Crippen molar-refractivity contribution >= 4 is 0 Å². The van der Waals surface area contributed by atoms with Crippen molar-refractivity contribution in [1.29, 1.82) is 0 Å². The van der Waals surface area contributed by atoms with Crippen molar-refractivity contribution in [2.24, 2.45) is 0 Å². The van der Waals surface area contributed by atoms with Crippen LogP contribution in [0.4, 0.5) is 0 Å². The van der Waals surface area contributed by atoms with Gasteiger partial charge in [-0.2, -0.15) is 0 Å². The molecule has 0 bridgehead atoms. The summed E-state index contributed by atoms with van der Waals surface area (Å²) < 4.78 is 11.5. The van der Waals surface area contributed by atoms with E-state index in [1.54, 1.807) is 0 Å². The predicted octanol–water partition coefficient (Wildman–Crippen LogP) is 3.30. The minimum absolute atomic E-state index is 0.200. The van der Waals surface area contributed by atoms with Crippen LogP contribution in [0.3, 0.4) is 0 Å². The van der Waals surface area contributed by atoms with Crippen LogP contribution in [0.25, 0.3) is 0 Å². The lowest BCUT2D eigenvalue weighted by Crippen LogP contribution is -2.29. The van der Waals surface area contributed by atoms with Crippen molar-refractivity contribution in [3.8, 4) is 5.75 Å². The predicted molar refractivity (Wildman–Crippen MR) is 77.6 cm³/mol. The minimum Gasteiger partial charge on any atom is -0.491 e. The molecule has 0 saturated carbocycles. The van der Waals surface area contributed by atoms with Gasteiger partial charge in [-0.3, -0.25) is 0 Å². The Balaban J connectivity index is 1.95. The van der Waals surface area contributed by atoms with Crippen LogP contribution in [-0.2, 0) is 4.74 Å². The van der Waals surface area contributed by atoms with Crippen LogP contribution in [-0.4, -0.2) is 25.4 Å². The van der Waals surface area contributed by atoms with E-state index in [2.05, 4.69) is 38.2 Å². The first-order valence-electron chi connectivity index (χ1n) is 7.27. The summed E-state index contributed by atoms with van der Waals surface area (Å²) in [5, 5.41) is 3.55. The molecule has 1 aliphatic heterocycles. The van der Waals surface area contributed by atoms with E-state index >= 15 is 0 Å². The summed E-state index contributed by atoms with van der Waals surface area (Å²) in [6.45, 7) is 8.12. The normalized spacial score (nSPS) is 20.7. The van der Waals surface area contributed by atoms with Gasteiger partial charge in [0.05, 0.1) is 12.2 Å². The van der Waals surface area contributed by atoms with Crippen LogP contribution >= 0.6 is 0 Å². The highest BCUT2D eigenvalue weighted by Gasteiger charge is 2.18. The summed E-state index contributed by atoms with van der Waals surface area (Å²) in [7, 11) is 0. The first kappa shape index (κ1) is 14.4. The van der Waals surface area contributed by atoms with E-state index < -0.39 is 0 Å². The first-order valence-corrected chi connectivity index (χ1v) is 7.27. The van der Waals surface area contributed by atoms with E-state index in [1.807, 2.05) is 12.1 Å². The van der Waals surface area contributed by atoms with E-state index in [-0.39, 0.29) is 12.1 Å². The number of hydrogen-bond acceptors (Lipinski definition) is 3. The molecule has 0 spiro atoms. The van der Waals surface area contributed by atoms with Crippen molar-refractivity contribution in [1.82, 2.24) is 5.32 Å². The standard InChI is InChI=1S/C16H25NO2/c1-12(2)19-16-9-5-4-8-15(16)13(3)17-11-14-7-6-10-18-14/h4-5,8-9,12-14,17H,6-7,10-11H2,1-3H3/t13-,14+/m1/s1. The van der Waals surface area contributed by atoms with Crippen LogP contribution in [0, 0.1) is 0 Å². The average Bonchev–Trinajstić information content (AvgIpc) is 2.89. The van der Waals surface area contributed by atoms with Gasteiger partial charge in [0.1, 0.15) is 5.75 Å². The second kappa shape index (κ2) is 6.92. The third-order valence-corrected chi connectivity index (χ3v) is 3.42. The van der Waals surface area contributed by atoms with Gasteiger partial charge < -0.3 is 14.8 Å². The lowest BCUT2D eigenvalue weighted by atomic mass is 10.1. The topological polar surface area (TPSA) is 30.5 Å². The number of benzene rings is 1. The van der Waals surface area contributed by atoms with Crippen LogP contribution in [0.2, 0.25) is 0 Å². The largest absolute Gasteiger partial charge is 0.491 e. The number of rotatable bonds is 6. The van der Waals surface area contributed by atoms with Gasteiger partial charge in [0, 0.05) is 24.8 Å². The Bertz CT molecular complexity index is 386. The third-order valence-electron chi connectivity index (χ3n) is 3.42. The Morgan fingerprint density at radius 1 is 1.32 bits per heavy atom. The molecule has 1 aromatic rings. The van der Waals surface area contributed by atoms with Crippen molar-refractivity contribution in [3.63, 3.8) is 0 Å². The molecule has 106 valence electrons. The molecule has 2 atom stereocenters. The molecule has 0 amide bonds. The lowest BCUT2D eigenvalue weighted by Gasteiger charge is -2.21. The molecule has 0 aromatic heterocycles. The maximum atomic E-state index is 5.87. The van der Waals surface area contributed by atoms with Crippen molar-refractivity contribution in [2.45, 2.75) is 51.9 Å². The highest BCUT2D eigenvalue weighted by atomic mass is 16.5. The van der Waals surface area contributed by atoms with Gasteiger partial charge in [0.25, 0.3) is 0 Å². The zero-order valence-corrected chi connectivity index (χ0v) is 12.2. The van der Waals surface area contributed by atoms with E-state index in [4.69, 9.17) is 9.47 Å². The van der Waals surface area contributed by atoms with Crippen molar-refractivity contribution < 1.29 is 9.47 Å². The molecule has 19 heavy (non-hydrogen) atoms. The summed E-state index contributed by atoms with van der Waals surface area (Å²) >= 11 is 0. The molecule has 1 N–H and O–H groups in total. The summed E-state index contributed by atoms with van der Waals surface area (Å²) in [4.78, 5) is 0. The van der Waals surface area contributed by atoms with E-state index in [1.165, 1.54) is 18.4 Å². The van der Waals surface area contributed by atoms with Gasteiger partial charge >= 0.3 is 0 Å². The zero-order chi connectivity index (χ0) is 13.7. The monoisotopic (exact) mass is 263 g/mol. The molecule has 2 rings (SSSR count). The van der Waals surface area contributed by atoms with Crippen LogP contribution in [0.5, 0.6) is 5.75 Å². The highest BCUT2D eigenvalue weighted by Crippen LogP contribution is 2.26. The Morgan fingerprint density at radius 2 is 2.11 bits per heavy atom. The van der Waals surface area contributed by atoms with E-state index in [0.29, 0.717) is 6.10 Å². The molecule has 3 heteroatoms. The van der Waals surface area contributed by atoms with E-state index in [9.17, 15) is 0 Å². The lowest BCUT2D eigenvalue weighted by molar-refractivity contribution is 0.108. The van der Waals surface area contributed by atoms with Crippen LogP contribution in [0.15, 0.2) is 24.3 Å². The number of ether oxygens (including phenoxy) is 2. The fourth-order valence-corrected chi connectivity index (χ4v) is 2.42. The molecule has 0 radical (unpaired) electrons. The molecular weight excluding hydrogens is 238 g/mol. The summed E-state index contributed by atoms with van der Waals surface area (Å²) in [5.74, 6) is 0.977. The van der Waals surface area contributed by atoms with Gasteiger partial charge in [0.2, 0.25) is 0 Å². The molecule has 1 fully saturated rings. The fourth-order valence-electron chi connectivity index (χ4n) is 2.42. The molecule has 3 nitrogen and oxygen atoms in total. The minimum atomic E-state index is 0.200. The quantitative estimate of drug-likeness (QED) is 0.854. The Morgan fingerprint density at radius 3 is 2.79 bits per heavy atom. The Labute approximate surface area is 116 Å². The van der Waals surface area contributed by atoms with Crippen molar-refractivity contribution in [2.75, 3.05) is 13.2 Å². The molecule has 1 aromatic carbocycles. The SMILES string of the molecule is CC(C)Oc1ccccc1[C@@H](C)NC[C@@H]1CCCO1. The molecule has 0 unspecified atom stereocenters. The average molecular weight is 263 g/mol. The van der Waals surface area contributed by atoms with E-state index in [0.717, 1.165) is 18.9 Å². The first-order chi connectivity index (χ1) is 9.16. The third kappa shape index (κ3) is 4.22. The highest BCUT2D eigenvalue weighted by molar-refractivity contribution is 5.35. The van der Waals surface area contributed by atoms with Gasteiger partial charge in [-0.1, -0.05) is 18.2 Å². The molecule has 1 heterocycles. The molecule has 1 aliphatic rings. The second-order valence-electron chi connectivity index (χ2n) is 5.47. The molecule has 0 aliphatic carbocycles. The zero-order valence-electron chi connectivity index (χ0n) is 12.2. The van der Waals surface area contributed by atoms with Gasteiger partial charge in [-0.25, -0.2) is 0 Å². The van der Waals surface area contributed by atoms with Crippen LogP contribution < -0.4 is 10.1 Å². The van der Waals surface area contributed by atoms with Gasteiger partial charge in [0.15, 0.2) is 0 Å². The maximum Gasteiger partial charge on any atom is 0.124 e. The number of nitrogens with one attached hydrogen (secondary N) is 1. The summed E-state index contributed by atoms with van der Waals surface area (Å²) in [5.41, 5.74) is 1.22. The van der Waals surface area contributed by atoms with Gasteiger partial charge in [-0.15, -0.1) is 0 Å². The summed E-state index contributed by atoms with van der Waals surface area (Å²) in [6, 6.07) is 8.53. The number of hydrogen-bond donors (Lipinski definition) is 1. The molecular formula is C16H25NO2. The second-order valence-corrected chi connectivity index (χ2v) is 5.47. The number of para-hydroxylation sites is 1. The molecule has 1 saturated heterocycles. The maximum absolute atomic E-state index is 5.87. The van der Waals surface area contributed by atoms with Crippen LogP contribution in [0.1, 0.15) is 45.2 Å². The van der Waals surface area contributed by atoms with Gasteiger partial charge in [-0.05, 0) is 39.7 Å².